The highest BCUT2D eigenvalue weighted by molar-refractivity contribution is 8.26. The minimum atomic E-state index is -0.830. The number of morpholine rings is 1. The van der Waals surface area contributed by atoms with Crippen molar-refractivity contribution < 1.29 is 19.4 Å². The number of nitriles is 1. The van der Waals surface area contributed by atoms with Crippen molar-refractivity contribution >= 4 is 52.1 Å². The Bertz CT molecular complexity index is 1180. The molecule has 0 radical (unpaired) electrons. The molecule has 11 heteroatoms. The Morgan fingerprint density at radius 2 is 1.92 bits per heavy atom. The van der Waals surface area contributed by atoms with Crippen molar-refractivity contribution in [1.29, 1.82) is 5.26 Å². The Labute approximate surface area is 220 Å². The number of unbranched alkanes of at least 4 members (excludes halogenated alkanes) is 2. The van der Waals surface area contributed by atoms with E-state index in [2.05, 4.69) is 11.0 Å². The third kappa shape index (κ3) is 5.99. The van der Waals surface area contributed by atoms with Gasteiger partial charge in [-0.2, -0.15) is 5.26 Å². The lowest BCUT2D eigenvalue weighted by molar-refractivity contribution is -0.137. The largest absolute Gasteiger partial charge is 0.481 e. The van der Waals surface area contributed by atoms with Gasteiger partial charge in [-0.05, 0) is 52.2 Å². The van der Waals surface area contributed by atoms with Crippen molar-refractivity contribution in [2.75, 3.05) is 24.5 Å². The number of aliphatic carboxylic acids is 1. The number of hydrogen-bond acceptors (Lipinski definition) is 8. The van der Waals surface area contributed by atoms with Gasteiger partial charge in [0, 0.05) is 38.2 Å². The average molecular weight is 533 g/mol. The number of carboxylic acid groups (broad SMARTS) is 1. The molecule has 2 unspecified atom stereocenters. The number of carboxylic acids is 1. The zero-order valence-electron chi connectivity index (χ0n) is 21.1. The molecule has 1 aromatic rings. The number of rotatable bonds is 9. The summed E-state index contributed by atoms with van der Waals surface area (Å²) in [5.41, 5.74) is 0.921. The first-order chi connectivity index (χ1) is 17.1. The molecular formula is C25H32N4O5S2. The first-order valence-corrected chi connectivity index (χ1v) is 13.4. The van der Waals surface area contributed by atoms with Crippen molar-refractivity contribution in [2.24, 2.45) is 0 Å². The molecular weight excluding hydrogens is 500 g/mol. The SMILES string of the molecule is CCn1c(N2CC(C)OC(C)C2)c(C=C2SC(=S)N(CCCCCC(=O)O)C2=O)c(C)c(C#N)c1=O. The van der Waals surface area contributed by atoms with E-state index in [1.807, 2.05) is 20.8 Å². The number of carbonyl (C=O) groups excluding carboxylic acids is 1. The number of aromatic nitrogens is 1. The molecule has 0 spiro atoms. The Morgan fingerprint density at radius 1 is 1.25 bits per heavy atom. The third-order valence-corrected chi connectivity index (χ3v) is 7.68. The molecule has 194 valence electrons. The second-order valence-corrected chi connectivity index (χ2v) is 10.8. The second kappa shape index (κ2) is 12.0. The molecule has 2 aliphatic heterocycles. The summed E-state index contributed by atoms with van der Waals surface area (Å²) in [5, 5.41) is 18.5. The standard InChI is InChI=1S/C25H32N4O5S2/c1-5-28-22(27-13-15(2)34-16(3)14-27)18(17(4)19(12-26)23(28)32)11-20-24(33)29(25(35)36-20)10-8-6-7-9-21(30)31/h11,15-16H,5-10,13-14H2,1-4H3,(H,30,31). The fourth-order valence-electron chi connectivity index (χ4n) is 4.68. The Balaban J connectivity index is 2.00. The molecule has 3 rings (SSSR count). The summed E-state index contributed by atoms with van der Waals surface area (Å²) in [6, 6.07) is 2.05. The fraction of sp³-hybridized carbons (Fsp3) is 0.560. The van der Waals surface area contributed by atoms with Gasteiger partial charge in [-0.15, -0.1) is 0 Å². The molecule has 2 fully saturated rings. The van der Waals surface area contributed by atoms with E-state index in [4.69, 9.17) is 22.1 Å². The van der Waals surface area contributed by atoms with Crippen LogP contribution in [0.5, 0.6) is 0 Å². The zero-order chi connectivity index (χ0) is 26.6. The Hall–Kier alpha value is -2.68. The predicted molar refractivity (Wildman–Crippen MR) is 144 cm³/mol. The van der Waals surface area contributed by atoms with Gasteiger partial charge in [0.2, 0.25) is 0 Å². The van der Waals surface area contributed by atoms with Gasteiger partial charge in [-0.1, -0.05) is 30.4 Å². The topological polar surface area (TPSA) is 116 Å². The fourth-order valence-corrected chi connectivity index (χ4v) is 5.97. The van der Waals surface area contributed by atoms with E-state index in [9.17, 15) is 19.6 Å². The van der Waals surface area contributed by atoms with E-state index in [0.717, 1.165) is 0 Å². The van der Waals surface area contributed by atoms with Crippen LogP contribution in [0.1, 0.15) is 63.1 Å². The van der Waals surface area contributed by atoms with E-state index in [1.54, 1.807) is 22.5 Å². The number of pyridine rings is 1. The minimum Gasteiger partial charge on any atom is -0.481 e. The van der Waals surface area contributed by atoms with Crippen LogP contribution in [-0.4, -0.2) is 62.6 Å². The molecule has 0 bridgehead atoms. The maximum Gasteiger partial charge on any atom is 0.303 e. The van der Waals surface area contributed by atoms with Crippen LogP contribution in [-0.2, 0) is 20.9 Å². The maximum absolute atomic E-state index is 13.3. The molecule has 3 heterocycles. The van der Waals surface area contributed by atoms with Crippen LogP contribution in [0.4, 0.5) is 5.82 Å². The van der Waals surface area contributed by atoms with E-state index in [0.29, 0.717) is 71.6 Å². The number of nitrogens with zero attached hydrogens (tertiary/aromatic N) is 4. The van der Waals surface area contributed by atoms with E-state index >= 15 is 0 Å². The van der Waals surface area contributed by atoms with Crippen LogP contribution in [0.15, 0.2) is 9.70 Å². The minimum absolute atomic E-state index is 0.0442. The van der Waals surface area contributed by atoms with Crippen molar-refractivity contribution in [2.45, 2.75) is 72.1 Å². The van der Waals surface area contributed by atoms with Gasteiger partial charge in [0.05, 0.1) is 17.1 Å². The monoisotopic (exact) mass is 532 g/mol. The van der Waals surface area contributed by atoms with E-state index < -0.39 is 5.97 Å². The molecule has 2 atom stereocenters. The van der Waals surface area contributed by atoms with Gasteiger partial charge in [-0.3, -0.25) is 23.9 Å². The highest BCUT2D eigenvalue weighted by atomic mass is 32.2. The lowest BCUT2D eigenvalue weighted by Crippen LogP contribution is -2.48. The third-order valence-electron chi connectivity index (χ3n) is 6.30. The van der Waals surface area contributed by atoms with Gasteiger partial charge in [0.15, 0.2) is 0 Å². The summed E-state index contributed by atoms with van der Waals surface area (Å²) < 4.78 is 7.94. The molecule has 1 amide bonds. The van der Waals surface area contributed by atoms with Gasteiger partial charge in [-0.25, -0.2) is 0 Å². The van der Waals surface area contributed by atoms with Crippen molar-refractivity contribution in [3.63, 3.8) is 0 Å². The normalized spacial score (nSPS) is 21.4. The second-order valence-electron chi connectivity index (χ2n) is 9.10. The van der Waals surface area contributed by atoms with Crippen LogP contribution in [0.2, 0.25) is 0 Å². The number of carbonyl (C=O) groups is 2. The smallest absolute Gasteiger partial charge is 0.303 e. The molecule has 2 saturated heterocycles. The first kappa shape index (κ1) is 27.9. The Morgan fingerprint density at radius 3 is 2.50 bits per heavy atom. The van der Waals surface area contributed by atoms with Crippen molar-refractivity contribution in [3.8, 4) is 6.07 Å². The summed E-state index contributed by atoms with van der Waals surface area (Å²) in [6.07, 6.45) is 3.66. The molecule has 9 nitrogen and oxygen atoms in total. The van der Waals surface area contributed by atoms with Crippen LogP contribution < -0.4 is 10.5 Å². The number of thiocarbonyl (C=S) groups is 1. The van der Waals surface area contributed by atoms with Gasteiger partial charge >= 0.3 is 5.97 Å². The molecule has 1 aromatic heterocycles. The summed E-state index contributed by atoms with van der Waals surface area (Å²) >= 11 is 6.67. The van der Waals surface area contributed by atoms with Crippen LogP contribution in [0.3, 0.4) is 0 Å². The van der Waals surface area contributed by atoms with E-state index in [1.165, 1.54) is 11.8 Å². The summed E-state index contributed by atoms with van der Waals surface area (Å²) in [6.45, 7) is 9.52. The number of thioether (sulfide) groups is 1. The molecule has 2 aliphatic rings. The maximum atomic E-state index is 13.3. The van der Waals surface area contributed by atoms with Gasteiger partial charge in [0.25, 0.3) is 11.5 Å². The highest BCUT2D eigenvalue weighted by Gasteiger charge is 2.34. The number of anilines is 1. The number of ether oxygens (including phenoxy) is 1. The predicted octanol–water partition coefficient (Wildman–Crippen LogP) is 3.51. The first-order valence-electron chi connectivity index (χ1n) is 12.1. The zero-order valence-corrected chi connectivity index (χ0v) is 22.7. The number of amides is 1. The quantitative estimate of drug-likeness (QED) is 0.290. The van der Waals surface area contributed by atoms with Crippen LogP contribution in [0, 0.1) is 18.3 Å². The average Bonchev–Trinajstić information content (AvgIpc) is 3.07. The lowest BCUT2D eigenvalue weighted by Gasteiger charge is -2.39. The van der Waals surface area contributed by atoms with Gasteiger partial charge < -0.3 is 14.7 Å². The van der Waals surface area contributed by atoms with Gasteiger partial charge in [0.1, 0.15) is 21.8 Å². The lowest BCUT2D eigenvalue weighted by atomic mass is 10.0. The summed E-state index contributed by atoms with van der Waals surface area (Å²) in [5.74, 6) is -0.367. The van der Waals surface area contributed by atoms with Crippen LogP contribution in [0.25, 0.3) is 6.08 Å². The van der Waals surface area contributed by atoms with Crippen molar-refractivity contribution in [3.05, 3.63) is 31.9 Å². The van der Waals surface area contributed by atoms with Crippen LogP contribution >= 0.6 is 24.0 Å². The number of hydrogen-bond donors (Lipinski definition) is 1. The molecule has 1 N–H and O–H groups in total. The highest BCUT2D eigenvalue weighted by Crippen LogP contribution is 2.36. The molecule has 0 saturated carbocycles. The van der Waals surface area contributed by atoms with Crippen molar-refractivity contribution in [1.82, 2.24) is 9.47 Å². The molecule has 36 heavy (non-hydrogen) atoms. The Kier molecular flexibility index (Phi) is 9.33. The summed E-state index contributed by atoms with van der Waals surface area (Å²) in [7, 11) is 0. The molecule has 0 aliphatic carbocycles. The van der Waals surface area contributed by atoms with E-state index in [-0.39, 0.29) is 35.7 Å². The summed E-state index contributed by atoms with van der Waals surface area (Å²) in [4.78, 5) is 41.2. The molecule has 0 aromatic carbocycles.